The first-order valence-electron chi connectivity index (χ1n) is 9.27. The number of rotatable bonds is 4. The molecule has 1 saturated carbocycles. The van der Waals surface area contributed by atoms with Crippen LogP contribution in [0.3, 0.4) is 0 Å². The number of fused-ring (bicyclic) bond motifs is 1. The quantitative estimate of drug-likeness (QED) is 0.797. The highest BCUT2D eigenvalue weighted by Crippen LogP contribution is 2.31. The van der Waals surface area contributed by atoms with E-state index in [1.54, 1.807) is 18.2 Å². The first-order valence-corrected chi connectivity index (χ1v) is 9.65. The number of carbonyl (C=O) groups is 2. The highest BCUT2D eigenvalue weighted by molar-refractivity contribution is 6.30. The van der Waals surface area contributed by atoms with Crippen LogP contribution in [0, 0.1) is 17.2 Å². The van der Waals surface area contributed by atoms with Gasteiger partial charge in [-0.1, -0.05) is 30.9 Å². The number of nitriles is 1. The molecule has 0 radical (unpaired) electrons. The fourth-order valence-electron chi connectivity index (χ4n) is 3.60. The molecule has 2 atom stereocenters. The van der Waals surface area contributed by atoms with Gasteiger partial charge in [-0.05, 0) is 49.9 Å². The summed E-state index contributed by atoms with van der Waals surface area (Å²) in [7, 11) is 0. The van der Waals surface area contributed by atoms with E-state index in [-0.39, 0.29) is 6.61 Å². The molecule has 0 unspecified atom stereocenters. The van der Waals surface area contributed by atoms with Crippen molar-refractivity contribution in [1.29, 1.82) is 5.26 Å². The average Bonchev–Trinajstić information content (AvgIpc) is 2.67. The molecule has 1 aliphatic carbocycles. The van der Waals surface area contributed by atoms with Gasteiger partial charge in [-0.3, -0.25) is 9.59 Å². The monoisotopic (exact) mass is 390 g/mol. The maximum absolute atomic E-state index is 12.5. The second-order valence-corrected chi connectivity index (χ2v) is 7.72. The van der Waals surface area contributed by atoms with Crippen LogP contribution in [0.25, 0.3) is 0 Å². The molecule has 1 fully saturated rings. The van der Waals surface area contributed by atoms with Crippen LogP contribution in [-0.4, -0.2) is 30.1 Å². The first-order chi connectivity index (χ1) is 12.9. The largest absolute Gasteiger partial charge is 0.492 e. The van der Waals surface area contributed by atoms with Gasteiger partial charge in [0.05, 0.1) is 12.0 Å². The van der Waals surface area contributed by atoms with Gasteiger partial charge < -0.3 is 14.8 Å². The fourth-order valence-corrected chi connectivity index (χ4v) is 3.79. The van der Waals surface area contributed by atoms with Gasteiger partial charge in [0, 0.05) is 5.02 Å². The van der Waals surface area contributed by atoms with Gasteiger partial charge >= 0.3 is 5.97 Å². The van der Waals surface area contributed by atoms with Gasteiger partial charge in [0.25, 0.3) is 5.91 Å². The van der Waals surface area contributed by atoms with Crippen molar-refractivity contribution in [2.45, 2.75) is 57.1 Å². The number of benzene rings is 1. The lowest BCUT2D eigenvalue weighted by Gasteiger charge is -2.32. The minimum Gasteiger partial charge on any atom is -0.492 e. The molecule has 1 amide bonds. The molecule has 1 aromatic carbocycles. The summed E-state index contributed by atoms with van der Waals surface area (Å²) < 4.78 is 11.0. The smallest absolute Gasteiger partial charge is 0.313 e. The van der Waals surface area contributed by atoms with Gasteiger partial charge in [-0.25, -0.2) is 0 Å². The Morgan fingerprint density at radius 2 is 2.11 bits per heavy atom. The topological polar surface area (TPSA) is 88.4 Å². The van der Waals surface area contributed by atoms with Gasteiger partial charge in [-0.2, -0.15) is 5.26 Å². The van der Waals surface area contributed by atoms with Crippen LogP contribution >= 0.6 is 11.6 Å². The summed E-state index contributed by atoms with van der Waals surface area (Å²) in [6.45, 7) is 1.72. The summed E-state index contributed by atoms with van der Waals surface area (Å²) in [6, 6.07) is 7.52. The number of hydrogen-bond acceptors (Lipinski definition) is 5. The fraction of sp³-hybridized carbons (Fsp3) is 0.550. The highest BCUT2D eigenvalue weighted by Gasteiger charge is 2.36. The number of nitrogens with zero attached hydrogens (tertiary/aromatic N) is 1. The number of ether oxygens (including phenoxy) is 2. The maximum Gasteiger partial charge on any atom is 0.313 e. The molecular formula is C20H23ClN2O4. The van der Waals surface area contributed by atoms with Crippen molar-refractivity contribution in [3.63, 3.8) is 0 Å². The van der Waals surface area contributed by atoms with E-state index in [2.05, 4.69) is 11.4 Å². The van der Waals surface area contributed by atoms with Crippen molar-refractivity contribution in [1.82, 2.24) is 5.32 Å². The third-order valence-electron chi connectivity index (χ3n) is 5.21. The zero-order valence-corrected chi connectivity index (χ0v) is 16.1. The Bertz CT molecular complexity index is 768. The molecule has 1 aliphatic heterocycles. The highest BCUT2D eigenvalue weighted by atomic mass is 35.5. The average molecular weight is 391 g/mol. The minimum atomic E-state index is -0.967. The zero-order valence-electron chi connectivity index (χ0n) is 15.3. The van der Waals surface area contributed by atoms with Crippen LogP contribution in [-0.2, 0) is 20.7 Å². The van der Waals surface area contributed by atoms with Crippen molar-refractivity contribution in [2.75, 3.05) is 6.61 Å². The van der Waals surface area contributed by atoms with E-state index in [0.717, 1.165) is 24.8 Å². The summed E-state index contributed by atoms with van der Waals surface area (Å²) in [4.78, 5) is 24.9. The zero-order chi connectivity index (χ0) is 19.4. The second kappa shape index (κ2) is 8.18. The molecule has 27 heavy (non-hydrogen) atoms. The van der Waals surface area contributed by atoms with Crippen molar-refractivity contribution < 1.29 is 19.1 Å². The van der Waals surface area contributed by atoms with E-state index < -0.39 is 29.4 Å². The lowest BCUT2D eigenvalue weighted by molar-refractivity contribution is -0.160. The Kier molecular flexibility index (Phi) is 5.91. The summed E-state index contributed by atoms with van der Waals surface area (Å²) >= 11 is 6.00. The SMILES string of the molecule is C[C@@H](OC(=O)[C@H]1COc2ccc(Cl)cc2C1)C(=O)NC1(C#N)CCCCC1. The molecule has 144 valence electrons. The standard InChI is InChI=1S/C20H23ClN2O4/c1-13(18(24)23-20(12-22)7-3-2-4-8-20)27-19(25)15-9-14-10-16(21)5-6-17(14)26-11-15/h5-6,10,13,15H,2-4,7-9,11H2,1H3,(H,23,24)/t13-,15-/m1/s1. The normalized spacial score (nSPS) is 21.7. The summed E-state index contributed by atoms with van der Waals surface area (Å²) in [6.07, 6.45) is 3.62. The van der Waals surface area contributed by atoms with Gasteiger partial charge in [0.15, 0.2) is 6.10 Å². The van der Waals surface area contributed by atoms with Crippen molar-refractivity contribution in [2.24, 2.45) is 5.92 Å². The molecule has 1 aromatic rings. The molecule has 6 nitrogen and oxygen atoms in total. The molecule has 3 rings (SSSR count). The molecule has 0 aromatic heterocycles. The van der Waals surface area contributed by atoms with Gasteiger partial charge in [0.2, 0.25) is 0 Å². The van der Waals surface area contributed by atoms with E-state index in [4.69, 9.17) is 21.1 Å². The van der Waals surface area contributed by atoms with Crippen LogP contribution in [0.4, 0.5) is 0 Å². The summed E-state index contributed by atoms with van der Waals surface area (Å²) in [5, 5.41) is 12.8. The van der Waals surface area contributed by atoms with Crippen LogP contribution in [0.15, 0.2) is 18.2 Å². The molecule has 2 aliphatic rings. The van der Waals surface area contributed by atoms with E-state index >= 15 is 0 Å². The lowest BCUT2D eigenvalue weighted by atomic mass is 9.83. The van der Waals surface area contributed by atoms with E-state index in [9.17, 15) is 14.9 Å². The Labute approximate surface area is 163 Å². The van der Waals surface area contributed by atoms with Crippen molar-refractivity contribution in [3.8, 4) is 11.8 Å². The Morgan fingerprint density at radius 1 is 1.37 bits per heavy atom. The Hall–Kier alpha value is -2.26. The second-order valence-electron chi connectivity index (χ2n) is 7.29. The first kappa shape index (κ1) is 19.5. The lowest BCUT2D eigenvalue weighted by Crippen LogP contribution is -2.52. The van der Waals surface area contributed by atoms with Crippen LogP contribution in [0.1, 0.15) is 44.6 Å². The third kappa shape index (κ3) is 4.54. The van der Waals surface area contributed by atoms with E-state index in [0.29, 0.717) is 30.0 Å². The molecule has 0 saturated heterocycles. The van der Waals surface area contributed by atoms with Crippen LogP contribution < -0.4 is 10.1 Å². The number of hydrogen-bond donors (Lipinski definition) is 1. The number of halogens is 1. The van der Waals surface area contributed by atoms with Crippen molar-refractivity contribution in [3.05, 3.63) is 28.8 Å². The summed E-state index contributed by atoms with van der Waals surface area (Å²) in [5.74, 6) is -0.710. The van der Waals surface area contributed by atoms with Crippen LogP contribution in [0.5, 0.6) is 5.75 Å². The molecule has 1 heterocycles. The van der Waals surface area contributed by atoms with Crippen LogP contribution in [0.2, 0.25) is 5.02 Å². The molecule has 1 N–H and O–H groups in total. The third-order valence-corrected chi connectivity index (χ3v) is 5.44. The van der Waals surface area contributed by atoms with Gasteiger partial charge in [0.1, 0.15) is 17.9 Å². The molecule has 7 heteroatoms. The number of amides is 1. The van der Waals surface area contributed by atoms with Crippen molar-refractivity contribution >= 4 is 23.5 Å². The van der Waals surface area contributed by atoms with E-state index in [1.165, 1.54) is 6.92 Å². The Balaban J connectivity index is 1.57. The molecule has 0 spiro atoms. The molecule has 0 bridgehead atoms. The predicted molar refractivity (Wildman–Crippen MR) is 99.3 cm³/mol. The summed E-state index contributed by atoms with van der Waals surface area (Å²) in [5.41, 5.74) is -0.00180. The number of carbonyl (C=O) groups excluding carboxylic acids is 2. The molecular weight excluding hydrogens is 368 g/mol. The predicted octanol–water partition coefficient (Wildman–Crippen LogP) is 3.17. The Morgan fingerprint density at radius 3 is 2.81 bits per heavy atom. The minimum absolute atomic E-state index is 0.198. The number of esters is 1. The van der Waals surface area contributed by atoms with E-state index in [1.807, 2.05) is 0 Å². The number of nitrogens with one attached hydrogen (secondary N) is 1. The van der Waals surface area contributed by atoms with Gasteiger partial charge in [-0.15, -0.1) is 0 Å². The maximum atomic E-state index is 12.5.